The van der Waals surface area contributed by atoms with Gasteiger partial charge in [-0.1, -0.05) is 25.1 Å². The minimum absolute atomic E-state index is 0.0651. The van der Waals surface area contributed by atoms with Gasteiger partial charge in [0.15, 0.2) is 6.61 Å². The fourth-order valence-electron chi connectivity index (χ4n) is 1.60. The number of carbonyl (C=O) groups excluding carboxylic acids is 1. The lowest BCUT2D eigenvalue weighted by atomic mass is 10.2. The third-order valence-electron chi connectivity index (χ3n) is 2.90. The van der Waals surface area contributed by atoms with Crippen molar-refractivity contribution in [2.45, 2.75) is 19.4 Å². The summed E-state index contributed by atoms with van der Waals surface area (Å²) in [5.74, 6) is -1.77. The average Bonchev–Trinajstić information content (AvgIpc) is 2.50. The molecule has 0 saturated heterocycles. The zero-order chi connectivity index (χ0) is 16.6. The lowest BCUT2D eigenvalue weighted by Gasteiger charge is -2.14. The average molecular weight is 329 g/mol. The van der Waals surface area contributed by atoms with Crippen LogP contribution < -0.4 is 10.1 Å². The van der Waals surface area contributed by atoms with E-state index in [-0.39, 0.29) is 24.5 Å². The van der Waals surface area contributed by atoms with E-state index in [4.69, 9.17) is 9.84 Å². The second-order valence-electron chi connectivity index (χ2n) is 4.59. The molecule has 22 heavy (non-hydrogen) atoms. The van der Waals surface area contributed by atoms with Crippen molar-refractivity contribution in [2.75, 3.05) is 18.1 Å². The summed E-state index contributed by atoms with van der Waals surface area (Å²) in [6.07, 6.45) is -0.178. The van der Waals surface area contributed by atoms with Crippen molar-refractivity contribution >= 4 is 21.7 Å². The van der Waals surface area contributed by atoms with E-state index in [2.05, 4.69) is 5.32 Å². The number of benzene rings is 1. The summed E-state index contributed by atoms with van der Waals surface area (Å²) in [6.45, 7) is 1.14. The zero-order valence-electron chi connectivity index (χ0n) is 12.2. The van der Waals surface area contributed by atoms with Gasteiger partial charge in [0.2, 0.25) is 0 Å². The first-order valence-corrected chi connectivity index (χ1v) is 8.56. The van der Waals surface area contributed by atoms with Crippen molar-refractivity contribution in [1.29, 1.82) is 0 Å². The molecule has 0 saturated carbocycles. The van der Waals surface area contributed by atoms with Gasteiger partial charge < -0.3 is 15.2 Å². The molecule has 8 heteroatoms. The van der Waals surface area contributed by atoms with Crippen LogP contribution in [0.25, 0.3) is 0 Å². The van der Waals surface area contributed by atoms with E-state index in [0.29, 0.717) is 5.75 Å². The molecule has 0 aliphatic carbocycles. The van der Waals surface area contributed by atoms with E-state index in [1.54, 1.807) is 30.3 Å². The van der Waals surface area contributed by atoms with Crippen LogP contribution in [0, 0.1) is 0 Å². The molecule has 1 amide bonds. The van der Waals surface area contributed by atoms with Gasteiger partial charge in [0.05, 0.1) is 5.75 Å². The van der Waals surface area contributed by atoms with Crippen LogP contribution in [-0.4, -0.2) is 49.6 Å². The summed E-state index contributed by atoms with van der Waals surface area (Å²) in [6, 6.07) is 7.34. The Morgan fingerprint density at radius 2 is 1.91 bits per heavy atom. The molecule has 0 radical (unpaired) electrons. The number of aliphatic carboxylic acids is 1. The quantitative estimate of drug-likeness (QED) is 0.681. The first-order chi connectivity index (χ1) is 10.3. The topological polar surface area (TPSA) is 110 Å². The fourth-order valence-corrected chi connectivity index (χ4v) is 2.48. The Hall–Kier alpha value is -2.09. The number of carboxylic acid groups (broad SMARTS) is 1. The van der Waals surface area contributed by atoms with Crippen molar-refractivity contribution in [3.8, 4) is 5.75 Å². The highest BCUT2D eigenvalue weighted by Gasteiger charge is 2.22. The zero-order valence-corrected chi connectivity index (χ0v) is 13.0. The molecule has 1 aromatic carbocycles. The molecule has 2 N–H and O–H groups in total. The van der Waals surface area contributed by atoms with E-state index < -0.39 is 27.8 Å². The number of carboxylic acids is 1. The van der Waals surface area contributed by atoms with Gasteiger partial charge in [-0.3, -0.25) is 4.79 Å². The van der Waals surface area contributed by atoms with Crippen LogP contribution in [0.4, 0.5) is 0 Å². The number of carbonyl (C=O) groups is 2. The predicted octanol–water partition coefficient (Wildman–Crippen LogP) is 0.460. The van der Waals surface area contributed by atoms with E-state index >= 15 is 0 Å². The Morgan fingerprint density at radius 3 is 2.45 bits per heavy atom. The number of ether oxygens (including phenoxy) is 1. The summed E-state index contributed by atoms with van der Waals surface area (Å²) < 4.78 is 28.0. The lowest BCUT2D eigenvalue weighted by molar-refractivity contribution is -0.142. The molecule has 7 nitrogen and oxygen atoms in total. The maximum atomic E-state index is 11.7. The number of hydrogen-bond acceptors (Lipinski definition) is 5. The summed E-state index contributed by atoms with van der Waals surface area (Å²) in [5.41, 5.74) is 0. The molecule has 1 rings (SSSR count). The normalized spacial score (nSPS) is 12.4. The molecule has 0 spiro atoms. The molecule has 122 valence electrons. The maximum Gasteiger partial charge on any atom is 0.326 e. The van der Waals surface area contributed by atoms with Crippen molar-refractivity contribution < 1.29 is 27.9 Å². The van der Waals surface area contributed by atoms with Gasteiger partial charge in [-0.2, -0.15) is 0 Å². The molecule has 1 aromatic rings. The monoisotopic (exact) mass is 329 g/mol. The predicted molar refractivity (Wildman–Crippen MR) is 80.4 cm³/mol. The number of rotatable bonds is 9. The largest absolute Gasteiger partial charge is 0.484 e. The number of nitrogens with one attached hydrogen (secondary N) is 1. The van der Waals surface area contributed by atoms with Crippen LogP contribution in [-0.2, 0) is 19.4 Å². The second-order valence-corrected chi connectivity index (χ2v) is 7.06. The SMILES string of the molecule is CCS(=O)(=O)CCC(NC(=O)COc1ccccc1)C(=O)O. The first-order valence-electron chi connectivity index (χ1n) is 6.74. The summed E-state index contributed by atoms with van der Waals surface area (Å²) in [5, 5.41) is 11.3. The maximum absolute atomic E-state index is 11.7. The minimum atomic E-state index is -3.29. The van der Waals surface area contributed by atoms with Gasteiger partial charge in [-0.05, 0) is 18.6 Å². The van der Waals surface area contributed by atoms with Crippen LogP contribution in [0.5, 0.6) is 5.75 Å². The third-order valence-corrected chi connectivity index (χ3v) is 4.64. The van der Waals surface area contributed by atoms with E-state index in [1.165, 1.54) is 6.92 Å². The Morgan fingerprint density at radius 1 is 1.27 bits per heavy atom. The Kier molecular flexibility index (Phi) is 6.84. The van der Waals surface area contributed by atoms with E-state index in [1.807, 2.05) is 0 Å². The molecule has 1 unspecified atom stereocenters. The van der Waals surface area contributed by atoms with Crippen molar-refractivity contribution in [2.24, 2.45) is 0 Å². The molecule has 0 fully saturated rings. The fraction of sp³-hybridized carbons (Fsp3) is 0.429. The molecular formula is C14H19NO6S. The minimum Gasteiger partial charge on any atom is -0.484 e. The van der Waals surface area contributed by atoms with Crippen molar-refractivity contribution in [3.05, 3.63) is 30.3 Å². The lowest BCUT2D eigenvalue weighted by Crippen LogP contribution is -2.44. The third kappa shape index (κ3) is 6.57. The highest BCUT2D eigenvalue weighted by Crippen LogP contribution is 2.07. The van der Waals surface area contributed by atoms with Crippen LogP contribution in [0.15, 0.2) is 30.3 Å². The Labute approximate surface area is 129 Å². The van der Waals surface area contributed by atoms with Gasteiger partial charge in [-0.25, -0.2) is 13.2 Å². The van der Waals surface area contributed by atoms with Crippen LogP contribution in [0.2, 0.25) is 0 Å². The molecular weight excluding hydrogens is 310 g/mol. The van der Waals surface area contributed by atoms with Crippen LogP contribution in [0.3, 0.4) is 0 Å². The van der Waals surface area contributed by atoms with Gasteiger partial charge in [0.1, 0.15) is 21.6 Å². The number of para-hydroxylation sites is 1. The highest BCUT2D eigenvalue weighted by molar-refractivity contribution is 7.91. The molecule has 0 aliphatic heterocycles. The van der Waals surface area contributed by atoms with Crippen molar-refractivity contribution in [1.82, 2.24) is 5.32 Å². The summed E-state index contributed by atoms with van der Waals surface area (Å²) in [4.78, 5) is 22.7. The summed E-state index contributed by atoms with van der Waals surface area (Å²) in [7, 11) is -3.29. The Bertz CT molecular complexity index is 599. The van der Waals surface area contributed by atoms with Crippen LogP contribution >= 0.6 is 0 Å². The standard InChI is InChI=1S/C14H19NO6S/c1-2-22(19,20)9-8-12(14(17)18)15-13(16)10-21-11-6-4-3-5-7-11/h3-7,12H,2,8-10H2,1H3,(H,15,16)(H,17,18). The molecule has 0 aliphatic rings. The van der Waals surface area contributed by atoms with Gasteiger partial charge in [0.25, 0.3) is 5.91 Å². The Balaban J connectivity index is 2.49. The van der Waals surface area contributed by atoms with Crippen molar-refractivity contribution in [3.63, 3.8) is 0 Å². The number of hydrogen-bond donors (Lipinski definition) is 2. The number of amides is 1. The molecule has 0 aromatic heterocycles. The van der Waals surface area contributed by atoms with Gasteiger partial charge in [-0.15, -0.1) is 0 Å². The second kappa shape index (κ2) is 8.38. The molecule has 1 atom stereocenters. The van der Waals surface area contributed by atoms with E-state index in [9.17, 15) is 18.0 Å². The van der Waals surface area contributed by atoms with Gasteiger partial charge in [0, 0.05) is 5.75 Å². The van der Waals surface area contributed by atoms with Crippen LogP contribution in [0.1, 0.15) is 13.3 Å². The first kappa shape index (κ1) is 18.0. The number of sulfone groups is 1. The van der Waals surface area contributed by atoms with Gasteiger partial charge >= 0.3 is 5.97 Å². The highest BCUT2D eigenvalue weighted by atomic mass is 32.2. The summed E-state index contributed by atoms with van der Waals surface area (Å²) >= 11 is 0. The molecule has 0 bridgehead atoms. The van der Waals surface area contributed by atoms with E-state index in [0.717, 1.165) is 0 Å². The smallest absolute Gasteiger partial charge is 0.326 e. The molecule has 0 heterocycles.